The number of aryl methyl sites for hydroxylation is 1. The lowest BCUT2D eigenvalue weighted by atomic mass is 10.2. The third-order valence-electron chi connectivity index (χ3n) is 4.47. The highest BCUT2D eigenvalue weighted by Crippen LogP contribution is 2.34. The van der Waals surface area contributed by atoms with Crippen molar-refractivity contribution in [3.8, 4) is 0 Å². The van der Waals surface area contributed by atoms with E-state index in [2.05, 4.69) is 31.5 Å². The molecule has 7 heteroatoms. The lowest BCUT2D eigenvalue weighted by molar-refractivity contribution is 0.193. The smallest absolute Gasteiger partial charge is 0.318 e. The third kappa shape index (κ3) is 2.39. The van der Waals surface area contributed by atoms with Gasteiger partial charge in [0.25, 0.3) is 0 Å². The number of rotatable bonds is 3. The van der Waals surface area contributed by atoms with Crippen molar-refractivity contribution in [1.82, 2.24) is 25.0 Å². The van der Waals surface area contributed by atoms with Crippen LogP contribution in [0.2, 0.25) is 0 Å². The van der Waals surface area contributed by atoms with Crippen LogP contribution in [0, 0.1) is 0 Å². The summed E-state index contributed by atoms with van der Waals surface area (Å²) in [5, 5.41) is 13.5. The first-order chi connectivity index (χ1) is 10.8. The number of likely N-dealkylation sites (tertiary alicyclic amines) is 1. The number of hydrogen-bond acceptors (Lipinski definition) is 4. The van der Waals surface area contributed by atoms with E-state index in [1.807, 2.05) is 11.0 Å². The predicted molar refractivity (Wildman–Crippen MR) is 83.6 cm³/mol. The largest absolute Gasteiger partial charge is 0.331 e. The molecule has 116 valence electrons. The normalized spacial score (nSPS) is 20.4. The molecule has 2 aliphatic rings. The molecule has 1 fully saturated rings. The Labute approximate surface area is 133 Å². The summed E-state index contributed by atoms with van der Waals surface area (Å²) < 4.78 is 2.13. The zero-order valence-electron chi connectivity index (χ0n) is 12.4. The number of fused-ring (bicyclic) bond motifs is 1. The molecule has 4 rings (SSSR count). The molecule has 0 bridgehead atoms. The van der Waals surface area contributed by atoms with Crippen LogP contribution in [0.5, 0.6) is 0 Å². The van der Waals surface area contributed by atoms with Gasteiger partial charge in [-0.2, -0.15) is 0 Å². The summed E-state index contributed by atoms with van der Waals surface area (Å²) in [5.74, 6) is 1.91. The molecular formula is C15H19N5OS. The summed E-state index contributed by atoms with van der Waals surface area (Å²) in [6, 6.07) is 4.40. The zero-order chi connectivity index (χ0) is 14.9. The van der Waals surface area contributed by atoms with Gasteiger partial charge in [-0.05, 0) is 30.7 Å². The van der Waals surface area contributed by atoms with Gasteiger partial charge >= 0.3 is 6.03 Å². The highest BCUT2D eigenvalue weighted by Gasteiger charge is 2.30. The highest BCUT2D eigenvalue weighted by atomic mass is 32.1. The fourth-order valence-corrected chi connectivity index (χ4v) is 4.26. The molecule has 0 saturated carbocycles. The Morgan fingerprint density at radius 1 is 1.36 bits per heavy atom. The second-order valence-electron chi connectivity index (χ2n) is 5.81. The van der Waals surface area contributed by atoms with Crippen LogP contribution < -0.4 is 5.32 Å². The maximum atomic E-state index is 12.5. The van der Waals surface area contributed by atoms with Crippen molar-refractivity contribution in [2.75, 3.05) is 6.54 Å². The van der Waals surface area contributed by atoms with Gasteiger partial charge in [-0.3, -0.25) is 0 Å². The van der Waals surface area contributed by atoms with Gasteiger partial charge in [0.05, 0.1) is 12.6 Å². The molecule has 1 N–H and O–H groups in total. The standard InChI is InChI=1S/C15H19N5OS/c21-15(16-10-14-18-17-13-6-2-8-20(13)14)19-7-1-4-11(19)12-5-3-9-22-12/h3,5,9,11H,1-2,4,6-8,10H2,(H,16,21). The van der Waals surface area contributed by atoms with Crippen molar-refractivity contribution in [3.63, 3.8) is 0 Å². The minimum absolute atomic E-state index is 0.00578. The zero-order valence-corrected chi connectivity index (χ0v) is 13.2. The number of hydrogen-bond donors (Lipinski definition) is 1. The summed E-state index contributed by atoms with van der Waals surface area (Å²) in [4.78, 5) is 15.7. The Balaban J connectivity index is 1.41. The fraction of sp³-hybridized carbons (Fsp3) is 0.533. The highest BCUT2D eigenvalue weighted by molar-refractivity contribution is 7.10. The summed E-state index contributed by atoms with van der Waals surface area (Å²) in [7, 11) is 0. The van der Waals surface area contributed by atoms with Gasteiger partial charge in [0.1, 0.15) is 5.82 Å². The molecular weight excluding hydrogens is 298 g/mol. The van der Waals surface area contributed by atoms with Gasteiger partial charge in [0.2, 0.25) is 0 Å². The van der Waals surface area contributed by atoms with Crippen molar-refractivity contribution in [2.24, 2.45) is 0 Å². The van der Waals surface area contributed by atoms with Crippen molar-refractivity contribution in [2.45, 2.75) is 44.8 Å². The van der Waals surface area contributed by atoms with Crippen molar-refractivity contribution in [3.05, 3.63) is 34.0 Å². The summed E-state index contributed by atoms with van der Waals surface area (Å²) >= 11 is 1.73. The van der Waals surface area contributed by atoms with Gasteiger partial charge in [-0.25, -0.2) is 4.79 Å². The fourth-order valence-electron chi connectivity index (χ4n) is 3.38. The van der Waals surface area contributed by atoms with E-state index >= 15 is 0 Å². The van der Waals surface area contributed by atoms with Gasteiger partial charge in [-0.1, -0.05) is 6.07 Å². The SMILES string of the molecule is O=C(NCc1nnc2n1CCC2)N1CCCC1c1cccs1. The first-order valence-electron chi connectivity index (χ1n) is 7.82. The molecule has 1 unspecified atom stereocenters. The molecule has 2 amide bonds. The third-order valence-corrected chi connectivity index (χ3v) is 5.44. The number of nitrogens with one attached hydrogen (secondary N) is 1. The number of aromatic nitrogens is 3. The van der Waals surface area contributed by atoms with Crippen molar-refractivity contribution < 1.29 is 4.79 Å². The maximum absolute atomic E-state index is 12.5. The van der Waals surface area contributed by atoms with E-state index in [0.717, 1.165) is 50.4 Å². The van der Waals surface area contributed by atoms with Gasteiger partial charge in [-0.15, -0.1) is 21.5 Å². The van der Waals surface area contributed by atoms with Crippen LogP contribution in [0.25, 0.3) is 0 Å². The molecule has 0 aliphatic carbocycles. The van der Waals surface area contributed by atoms with E-state index in [1.54, 1.807) is 11.3 Å². The van der Waals surface area contributed by atoms with E-state index in [0.29, 0.717) is 6.54 Å². The van der Waals surface area contributed by atoms with Crippen LogP contribution in [0.4, 0.5) is 4.79 Å². The van der Waals surface area contributed by atoms with Gasteiger partial charge in [0.15, 0.2) is 5.82 Å². The van der Waals surface area contributed by atoms with Gasteiger partial charge < -0.3 is 14.8 Å². The maximum Gasteiger partial charge on any atom is 0.318 e. The molecule has 0 spiro atoms. The molecule has 0 radical (unpaired) electrons. The average Bonchev–Trinajstić information content (AvgIpc) is 3.28. The van der Waals surface area contributed by atoms with E-state index in [1.165, 1.54) is 4.88 Å². The Morgan fingerprint density at radius 3 is 3.18 bits per heavy atom. The minimum Gasteiger partial charge on any atom is -0.331 e. The van der Waals surface area contributed by atoms with Crippen LogP contribution >= 0.6 is 11.3 Å². The van der Waals surface area contributed by atoms with E-state index in [-0.39, 0.29) is 12.1 Å². The summed E-state index contributed by atoms with van der Waals surface area (Å²) in [6.45, 7) is 2.25. The quantitative estimate of drug-likeness (QED) is 0.945. The van der Waals surface area contributed by atoms with E-state index in [9.17, 15) is 4.79 Å². The first kappa shape index (κ1) is 13.8. The molecule has 2 aromatic rings. The van der Waals surface area contributed by atoms with Crippen molar-refractivity contribution in [1.29, 1.82) is 0 Å². The summed E-state index contributed by atoms with van der Waals surface area (Å²) in [6.07, 6.45) is 4.23. The summed E-state index contributed by atoms with van der Waals surface area (Å²) in [5.41, 5.74) is 0. The number of nitrogens with zero attached hydrogens (tertiary/aromatic N) is 4. The Morgan fingerprint density at radius 2 is 2.32 bits per heavy atom. The molecule has 4 heterocycles. The Hall–Kier alpha value is -1.89. The molecule has 0 aromatic carbocycles. The minimum atomic E-state index is 0.00578. The van der Waals surface area contributed by atoms with E-state index < -0.39 is 0 Å². The van der Waals surface area contributed by atoms with Crippen LogP contribution in [-0.4, -0.2) is 32.2 Å². The predicted octanol–water partition coefficient (Wildman–Crippen LogP) is 2.33. The van der Waals surface area contributed by atoms with Crippen LogP contribution in [0.1, 0.15) is 41.8 Å². The van der Waals surface area contributed by atoms with Crippen LogP contribution in [-0.2, 0) is 19.5 Å². The Kier molecular flexibility index (Phi) is 3.57. The van der Waals surface area contributed by atoms with Crippen LogP contribution in [0.3, 0.4) is 0 Å². The molecule has 6 nitrogen and oxygen atoms in total. The first-order valence-corrected chi connectivity index (χ1v) is 8.70. The number of amides is 2. The van der Waals surface area contributed by atoms with Crippen molar-refractivity contribution >= 4 is 17.4 Å². The molecule has 2 aliphatic heterocycles. The number of thiophene rings is 1. The molecule has 22 heavy (non-hydrogen) atoms. The molecule has 1 saturated heterocycles. The van der Waals surface area contributed by atoms with Crippen LogP contribution in [0.15, 0.2) is 17.5 Å². The number of urea groups is 1. The molecule has 2 aromatic heterocycles. The second-order valence-corrected chi connectivity index (χ2v) is 6.79. The second kappa shape index (κ2) is 5.72. The van der Waals surface area contributed by atoms with E-state index in [4.69, 9.17) is 0 Å². The van der Waals surface area contributed by atoms with Gasteiger partial charge in [0, 0.05) is 24.4 Å². The monoisotopic (exact) mass is 317 g/mol. The Bertz CT molecular complexity index is 666. The lowest BCUT2D eigenvalue weighted by Gasteiger charge is -2.24. The molecule has 1 atom stereocenters. The lowest BCUT2D eigenvalue weighted by Crippen LogP contribution is -2.39. The average molecular weight is 317 g/mol. The number of carbonyl (C=O) groups is 1. The topological polar surface area (TPSA) is 63.1 Å². The number of carbonyl (C=O) groups excluding carboxylic acids is 1.